The minimum Gasteiger partial charge on any atom is -0.368 e. The Balaban J connectivity index is 1.70. The minimum absolute atomic E-state index is 0.189. The van der Waals surface area contributed by atoms with E-state index in [0.717, 1.165) is 26.2 Å². The number of guanidine groups is 1. The van der Waals surface area contributed by atoms with Crippen molar-refractivity contribution in [3.05, 3.63) is 43.0 Å². The average molecular weight is 329 g/mol. The number of nitrogens with zero attached hydrogens (tertiary/aromatic N) is 3. The number of piperazine rings is 1. The van der Waals surface area contributed by atoms with Crippen molar-refractivity contribution >= 4 is 17.6 Å². The van der Waals surface area contributed by atoms with Gasteiger partial charge >= 0.3 is 0 Å². The van der Waals surface area contributed by atoms with Crippen LogP contribution >= 0.6 is 0 Å². The second kappa shape index (κ2) is 9.60. The van der Waals surface area contributed by atoms with Gasteiger partial charge in [0, 0.05) is 58.4 Å². The van der Waals surface area contributed by atoms with Crippen LogP contribution in [-0.2, 0) is 4.79 Å². The zero-order valence-electron chi connectivity index (χ0n) is 14.4. The predicted molar refractivity (Wildman–Crippen MR) is 99.4 cm³/mol. The number of nitrogens with one attached hydrogen (secondary N) is 2. The Morgan fingerprint density at radius 3 is 2.54 bits per heavy atom. The van der Waals surface area contributed by atoms with Crippen LogP contribution in [0.2, 0.25) is 0 Å². The molecule has 0 saturated carbocycles. The molecule has 2 N–H and O–H groups in total. The summed E-state index contributed by atoms with van der Waals surface area (Å²) in [7, 11) is 1.71. The number of rotatable bonds is 6. The summed E-state index contributed by atoms with van der Waals surface area (Å²) in [5.74, 6) is 0.881. The van der Waals surface area contributed by atoms with Gasteiger partial charge in [0.25, 0.3) is 0 Å². The first kappa shape index (κ1) is 17.8. The third kappa shape index (κ3) is 5.30. The SMILES string of the molecule is C=CCNC(=NC)NCCC(=O)N1CCN(c2ccccc2)CC1. The molecule has 0 aromatic heterocycles. The first-order valence-electron chi connectivity index (χ1n) is 8.37. The molecule has 6 nitrogen and oxygen atoms in total. The molecule has 1 aliphatic heterocycles. The molecular formula is C18H27N5O. The Morgan fingerprint density at radius 1 is 1.21 bits per heavy atom. The first-order valence-corrected chi connectivity index (χ1v) is 8.37. The summed E-state index contributed by atoms with van der Waals surface area (Å²) in [6.45, 7) is 8.19. The summed E-state index contributed by atoms with van der Waals surface area (Å²) in [5.41, 5.74) is 1.23. The highest BCUT2D eigenvalue weighted by molar-refractivity contribution is 5.81. The Hall–Kier alpha value is -2.50. The van der Waals surface area contributed by atoms with E-state index < -0.39 is 0 Å². The summed E-state index contributed by atoms with van der Waals surface area (Å²) in [5, 5.41) is 6.23. The molecule has 1 aliphatic rings. The molecule has 6 heteroatoms. The van der Waals surface area contributed by atoms with Gasteiger partial charge in [0.15, 0.2) is 5.96 Å². The monoisotopic (exact) mass is 329 g/mol. The maximum Gasteiger partial charge on any atom is 0.224 e. The Morgan fingerprint density at radius 2 is 1.92 bits per heavy atom. The van der Waals surface area contributed by atoms with Crippen molar-refractivity contribution in [2.24, 2.45) is 4.99 Å². The van der Waals surface area contributed by atoms with Crippen molar-refractivity contribution in [1.29, 1.82) is 0 Å². The number of carbonyl (C=O) groups excluding carboxylic acids is 1. The van der Waals surface area contributed by atoms with Gasteiger partial charge < -0.3 is 20.4 Å². The van der Waals surface area contributed by atoms with E-state index in [1.807, 2.05) is 23.1 Å². The maximum absolute atomic E-state index is 12.3. The number of carbonyl (C=O) groups is 1. The van der Waals surface area contributed by atoms with E-state index in [1.165, 1.54) is 5.69 Å². The molecule has 1 aromatic rings. The van der Waals surface area contributed by atoms with Crippen LogP contribution in [0.3, 0.4) is 0 Å². The second-order valence-electron chi connectivity index (χ2n) is 5.62. The molecule has 0 spiro atoms. The molecule has 0 radical (unpaired) electrons. The number of hydrogen-bond acceptors (Lipinski definition) is 3. The molecule has 1 fully saturated rings. The first-order chi connectivity index (χ1) is 11.7. The topological polar surface area (TPSA) is 60.0 Å². The Kier molecular flexibility index (Phi) is 7.14. The Labute approximate surface area is 144 Å². The Bertz CT molecular complexity index is 550. The van der Waals surface area contributed by atoms with Crippen molar-refractivity contribution in [3.8, 4) is 0 Å². The van der Waals surface area contributed by atoms with E-state index in [-0.39, 0.29) is 5.91 Å². The molecule has 1 amide bonds. The van der Waals surface area contributed by atoms with E-state index in [0.29, 0.717) is 25.5 Å². The normalized spacial score (nSPS) is 15.1. The number of amides is 1. The van der Waals surface area contributed by atoms with Crippen molar-refractivity contribution in [2.45, 2.75) is 6.42 Å². The number of hydrogen-bond donors (Lipinski definition) is 2. The summed E-state index contributed by atoms with van der Waals surface area (Å²) in [4.78, 5) is 20.7. The van der Waals surface area contributed by atoms with Gasteiger partial charge in [-0.25, -0.2) is 0 Å². The molecule has 1 heterocycles. The van der Waals surface area contributed by atoms with Crippen LogP contribution in [0.5, 0.6) is 0 Å². The van der Waals surface area contributed by atoms with Crippen LogP contribution in [0.1, 0.15) is 6.42 Å². The van der Waals surface area contributed by atoms with Crippen molar-refractivity contribution in [1.82, 2.24) is 15.5 Å². The predicted octanol–water partition coefficient (Wildman–Crippen LogP) is 1.08. The average Bonchev–Trinajstić information content (AvgIpc) is 2.65. The van der Waals surface area contributed by atoms with Gasteiger partial charge in [0.2, 0.25) is 5.91 Å². The zero-order chi connectivity index (χ0) is 17.2. The van der Waals surface area contributed by atoms with E-state index >= 15 is 0 Å². The molecular weight excluding hydrogens is 302 g/mol. The summed E-state index contributed by atoms with van der Waals surface area (Å²) >= 11 is 0. The standard InChI is InChI=1S/C18H27N5O/c1-3-10-20-18(19-2)21-11-9-17(24)23-14-12-22(13-15-23)16-7-5-4-6-8-16/h3-8H,1,9-15H2,2H3,(H2,19,20,21). The number of benzene rings is 1. The quantitative estimate of drug-likeness (QED) is 0.466. The lowest BCUT2D eigenvalue weighted by Crippen LogP contribution is -2.49. The van der Waals surface area contributed by atoms with E-state index in [2.05, 4.69) is 39.2 Å². The summed E-state index contributed by atoms with van der Waals surface area (Å²) in [6.07, 6.45) is 2.24. The number of para-hydroxylation sites is 1. The lowest BCUT2D eigenvalue weighted by molar-refractivity contribution is -0.131. The van der Waals surface area contributed by atoms with Crippen LogP contribution in [0, 0.1) is 0 Å². The zero-order valence-corrected chi connectivity index (χ0v) is 14.4. The van der Waals surface area contributed by atoms with Crippen LogP contribution in [0.25, 0.3) is 0 Å². The third-order valence-electron chi connectivity index (χ3n) is 4.02. The van der Waals surface area contributed by atoms with Crippen LogP contribution in [0.15, 0.2) is 48.0 Å². The van der Waals surface area contributed by atoms with E-state index in [1.54, 1.807) is 13.1 Å². The molecule has 24 heavy (non-hydrogen) atoms. The molecule has 130 valence electrons. The third-order valence-corrected chi connectivity index (χ3v) is 4.02. The van der Waals surface area contributed by atoms with Crippen LogP contribution in [-0.4, -0.2) is 63.1 Å². The molecule has 0 atom stereocenters. The van der Waals surface area contributed by atoms with Gasteiger partial charge in [0.1, 0.15) is 0 Å². The molecule has 0 bridgehead atoms. The fraction of sp³-hybridized carbons (Fsp3) is 0.444. The van der Waals surface area contributed by atoms with Gasteiger partial charge in [-0.2, -0.15) is 0 Å². The van der Waals surface area contributed by atoms with Crippen molar-refractivity contribution < 1.29 is 4.79 Å². The highest BCUT2D eigenvalue weighted by atomic mass is 16.2. The lowest BCUT2D eigenvalue weighted by Gasteiger charge is -2.36. The molecule has 1 aromatic carbocycles. The molecule has 0 unspecified atom stereocenters. The van der Waals surface area contributed by atoms with Crippen molar-refractivity contribution in [2.75, 3.05) is 51.2 Å². The van der Waals surface area contributed by atoms with Crippen molar-refractivity contribution in [3.63, 3.8) is 0 Å². The van der Waals surface area contributed by atoms with Gasteiger partial charge in [-0.3, -0.25) is 9.79 Å². The highest BCUT2D eigenvalue weighted by Gasteiger charge is 2.20. The largest absolute Gasteiger partial charge is 0.368 e. The lowest BCUT2D eigenvalue weighted by atomic mass is 10.2. The van der Waals surface area contributed by atoms with Gasteiger partial charge in [-0.05, 0) is 12.1 Å². The smallest absolute Gasteiger partial charge is 0.224 e. The maximum atomic E-state index is 12.3. The van der Waals surface area contributed by atoms with Gasteiger partial charge in [-0.1, -0.05) is 24.3 Å². The minimum atomic E-state index is 0.189. The second-order valence-corrected chi connectivity index (χ2v) is 5.62. The van der Waals surface area contributed by atoms with Gasteiger partial charge in [-0.15, -0.1) is 6.58 Å². The fourth-order valence-corrected chi connectivity index (χ4v) is 2.69. The summed E-state index contributed by atoms with van der Waals surface area (Å²) < 4.78 is 0. The highest BCUT2D eigenvalue weighted by Crippen LogP contribution is 2.15. The van der Waals surface area contributed by atoms with Crippen LogP contribution in [0.4, 0.5) is 5.69 Å². The van der Waals surface area contributed by atoms with E-state index in [9.17, 15) is 4.79 Å². The molecule has 1 saturated heterocycles. The number of anilines is 1. The van der Waals surface area contributed by atoms with Crippen LogP contribution < -0.4 is 15.5 Å². The molecule has 0 aliphatic carbocycles. The van der Waals surface area contributed by atoms with E-state index in [4.69, 9.17) is 0 Å². The number of aliphatic imine (C=N–C) groups is 1. The summed E-state index contributed by atoms with van der Waals surface area (Å²) in [6, 6.07) is 10.3. The fourth-order valence-electron chi connectivity index (χ4n) is 2.69. The van der Waals surface area contributed by atoms with Gasteiger partial charge in [0.05, 0.1) is 0 Å². The molecule has 2 rings (SSSR count).